The quantitative estimate of drug-likeness (QED) is 0.834. The SMILES string of the molecule is CN1CCC[C@H]1[C@H]1CCCN1C(=O)c1nn(C)c(=O)c2ccccc12. The highest BCUT2D eigenvalue weighted by Crippen LogP contribution is 2.30. The summed E-state index contributed by atoms with van der Waals surface area (Å²) in [7, 11) is 3.76. The molecule has 132 valence electrons. The second-order valence-corrected chi connectivity index (χ2v) is 7.22. The lowest BCUT2D eigenvalue weighted by molar-refractivity contribution is 0.0658. The standard InChI is InChI=1S/C19H24N4O2/c1-21-11-5-9-15(21)16-10-6-12-23(16)19(25)17-13-7-3-4-8-14(13)18(24)22(2)20-17/h3-4,7-8,15-16H,5-6,9-12H2,1-2H3/t15-,16+/m0/s1. The molecule has 1 amide bonds. The number of benzene rings is 1. The Balaban J connectivity index is 1.75. The Kier molecular flexibility index (Phi) is 4.07. The third kappa shape index (κ3) is 2.65. The zero-order valence-electron chi connectivity index (χ0n) is 14.8. The lowest BCUT2D eigenvalue weighted by Crippen LogP contribution is -2.47. The minimum Gasteiger partial charge on any atom is -0.333 e. The Morgan fingerprint density at radius 3 is 2.44 bits per heavy atom. The molecule has 0 radical (unpaired) electrons. The van der Waals surface area contributed by atoms with E-state index in [-0.39, 0.29) is 17.5 Å². The van der Waals surface area contributed by atoms with E-state index in [1.807, 2.05) is 23.1 Å². The van der Waals surface area contributed by atoms with Crippen molar-refractivity contribution < 1.29 is 4.79 Å². The van der Waals surface area contributed by atoms with E-state index < -0.39 is 0 Å². The number of aromatic nitrogens is 2. The Hall–Kier alpha value is -2.21. The summed E-state index contributed by atoms with van der Waals surface area (Å²) in [5, 5.41) is 5.53. The summed E-state index contributed by atoms with van der Waals surface area (Å²) < 4.78 is 1.28. The van der Waals surface area contributed by atoms with Crippen molar-refractivity contribution in [1.82, 2.24) is 19.6 Å². The predicted octanol–water partition coefficient (Wildman–Crippen LogP) is 1.63. The molecule has 0 N–H and O–H groups in total. The van der Waals surface area contributed by atoms with Crippen LogP contribution in [0.1, 0.15) is 36.2 Å². The highest BCUT2D eigenvalue weighted by Gasteiger charge is 2.39. The lowest BCUT2D eigenvalue weighted by atomic mass is 10.0. The minimum absolute atomic E-state index is 0.0467. The van der Waals surface area contributed by atoms with Crippen molar-refractivity contribution in [3.05, 3.63) is 40.3 Å². The van der Waals surface area contributed by atoms with Gasteiger partial charge in [0.05, 0.1) is 5.39 Å². The molecular weight excluding hydrogens is 316 g/mol. The number of amides is 1. The number of carbonyl (C=O) groups excluding carboxylic acids is 1. The highest BCUT2D eigenvalue weighted by atomic mass is 16.2. The molecule has 1 aromatic heterocycles. The van der Waals surface area contributed by atoms with Gasteiger partial charge < -0.3 is 9.80 Å². The van der Waals surface area contributed by atoms with Gasteiger partial charge in [-0.2, -0.15) is 5.10 Å². The topological polar surface area (TPSA) is 58.4 Å². The van der Waals surface area contributed by atoms with Gasteiger partial charge in [-0.15, -0.1) is 0 Å². The average molecular weight is 340 g/mol. The van der Waals surface area contributed by atoms with E-state index in [9.17, 15) is 9.59 Å². The first-order valence-corrected chi connectivity index (χ1v) is 9.05. The van der Waals surface area contributed by atoms with Crippen LogP contribution in [0, 0.1) is 0 Å². The Morgan fingerprint density at radius 2 is 1.72 bits per heavy atom. The number of nitrogens with zero attached hydrogens (tertiary/aromatic N) is 4. The van der Waals surface area contributed by atoms with Crippen LogP contribution in [0.2, 0.25) is 0 Å². The number of rotatable bonds is 2. The zero-order valence-corrected chi connectivity index (χ0v) is 14.8. The highest BCUT2D eigenvalue weighted by molar-refractivity contribution is 6.05. The molecule has 0 aliphatic carbocycles. The summed E-state index contributed by atoms with van der Waals surface area (Å²) in [6.07, 6.45) is 4.42. The van der Waals surface area contributed by atoms with Crippen LogP contribution in [0.3, 0.4) is 0 Å². The number of hydrogen-bond donors (Lipinski definition) is 0. The van der Waals surface area contributed by atoms with Crippen LogP contribution in [-0.2, 0) is 7.05 Å². The van der Waals surface area contributed by atoms with E-state index in [4.69, 9.17) is 0 Å². The normalized spacial score (nSPS) is 24.3. The summed E-state index contributed by atoms with van der Waals surface area (Å²) in [6.45, 7) is 1.87. The van der Waals surface area contributed by atoms with Crippen LogP contribution in [0.4, 0.5) is 0 Å². The molecule has 4 rings (SSSR count). The molecule has 6 nitrogen and oxygen atoms in total. The van der Waals surface area contributed by atoms with Crippen molar-refractivity contribution in [1.29, 1.82) is 0 Å². The average Bonchev–Trinajstić information content (AvgIpc) is 3.26. The zero-order chi connectivity index (χ0) is 17.6. The predicted molar refractivity (Wildman–Crippen MR) is 96.7 cm³/mol. The first-order valence-electron chi connectivity index (χ1n) is 9.05. The van der Waals surface area contributed by atoms with Crippen LogP contribution in [0.5, 0.6) is 0 Å². The van der Waals surface area contributed by atoms with Crippen LogP contribution < -0.4 is 5.56 Å². The Bertz CT molecular complexity index is 875. The summed E-state index contributed by atoms with van der Waals surface area (Å²) >= 11 is 0. The van der Waals surface area contributed by atoms with Gasteiger partial charge in [-0.3, -0.25) is 9.59 Å². The van der Waals surface area contributed by atoms with Crippen molar-refractivity contribution in [3.63, 3.8) is 0 Å². The first-order chi connectivity index (χ1) is 12.1. The van der Waals surface area contributed by atoms with E-state index in [1.165, 1.54) is 11.1 Å². The molecule has 6 heteroatoms. The van der Waals surface area contributed by atoms with Crippen molar-refractivity contribution in [2.45, 2.75) is 37.8 Å². The van der Waals surface area contributed by atoms with Crippen LogP contribution in [0.25, 0.3) is 10.8 Å². The number of fused-ring (bicyclic) bond motifs is 1. The number of carbonyl (C=O) groups is 1. The molecule has 1 aromatic carbocycles. The summed E-state index contributed by atoms with van der Waals surface area (Å²) in [4.78, 5) is 30.0. The molecular formula is C19H24N4O2. The van der Waals surface area contributed by atoms with E-state index in [0.717, 1.165) is 32.4 Å². The number of likely N-dealkylation sites (tertiary alicyclic amines) is 2. The fourth-order valence-corrected chi connectivity index (χ4v) is 4.46. The maximum Gasteiger partial charge on any atom is 0.275 e. The second-order valence-electron chi connectivity index (χ2n) is 7.22. The lowest BCUT2D eigenvalue weighted by Gasteiger charge is -2.33. The molecule has 2 aliphatic heterocycles. The molecule has 2 atom stereocenters. The largest absolute Gasteiger partial charge is 0.333 e. The van der Waals surface area contributed by atoms with Gasteiger partial charge in [0, 0.05) is 31.1 Å². The molecule has 0 unspecified atom stereocenters. The van der Waals surface area contributed by atoms with Gasteiger partial charge in [-0.1, -0.05) is 18.2 Å². The molecule has 0 saturated carbocycles. The van der Waals surface area contributed by atoms with Crippen LogP contribution >= 0.6 is 0 Å². The van der Waals surface area contributed by atoms with E-state index in [1.54, 1.807) is 13.1 Å². The summed E-state index contributed by atoms with van der Waals surface area (Å²) in [5.74, 6) is -0.0467. The summed E-state index contributed by atoms with van der Waals surface area (Å²) in [6, 6.07) is 7.95. The van der Waals surface area contributed by atoms with Gasteiger partial charge in [0.1, 0.15) is 0 Å². The first kappa shape index (κ1) is 16.3. The fraction of sp³-hybridized carbons (Fsp3) is 0.526. The van der Waals surface area contributed by atoms with Gasteiger partial charge in [-0.05, 0) is 45.3 Å². The van der Waals surface area contributed by atoms with E-state index in [0.29, 0.717) is 22.5 Å². The molecule has 2 aliphatic rings. The van der Waals surface area contributed by atoms with Crippen molar-refractivity contribution in [3.8, 4) is 0 Å². The van der Waals surface area contributed by atoms with Crippen LogP contribution in [0.15, 0.2) is 29.1 Å². The minimum atomic E-state index is -0.166. The van der Waals surface area contributed by atoms with Gasteiger partial charge in [-0.25, -0.2) is 4.68 Å². The van der Waals surface area contributed by atoms with Crippen molar-refractivity contribution >= 4 is 16.7 Å². The maximum absolute atomic E-state index is 13.3. The van der Waals surface area contributed by atoms with Gasteiger partial charge in [0.25, 0.3) is 11.5 Å². The van der Waals surface area contributed by atoms with Gasteiger partial charge in [0.2, 0.25) is 0 Å². The Labute approximate surface area is 147 Å². The third-order valence-corrected chi connectivity index (χ3v) is 5.74. The number of aryl methyl sites for hydroxylation is 1. The van der Waals surface area contributed by atoms with Gasteiger partial charge in [0.15, 0.2) is 5.69 Å². The van der Waals surface area contributed by atoms with Crippen LogP contribution in [-0.4, -0.2) is 57.7 Å². The van der Waals surface area contributed by atoms with Crippen molar-refractivity contribution in [2.75, 3.05) is 20.1 Å². The Morgan fingerprint density at radius 1 is 1.04 bits per heavy atom. The molecule has 25 heavy (non-hydrogen) atoms. The van der Waals surface area contributed by atoms with E-state index >= 15 is 0 Å². The molecule has 0 bridgehead atoms. The molecule has 3 heterocycles. The number of hydrogen-bond acceptors (Lipinski definition) is 4. The number of likely N-dealkylation sites (N-methyl/N-ethyl adjacent to an activating group) is 1. The molecule has 0 spiro atoms. The fourth-order valence-electron chi connectivity index (χ4n) is 4.46. The molecule has 2 aromatic rings. The van der Waals surface area contributed by atoms with Crippen molar-refractivity contribution in [2.24, 2.45) is 7.05 Å². The smallest absolute Gasteiger partial charge is 0.275 e. The van der Waals surface area contributed by atoms with E-state index in [2.05, 4.69) is 17.0 Å². The molecule has 2 fully saturated rings. The second kappa shape index (κ2) is 6.26. The summed E-state index contributed by atoms with van der Waals surface area (Å²) in [5.41, 5.74) is 0.228. The maximum atomic E-state index is 13.3. The van der Waals surface area contributed by atoms with Gasteiger partial charge >= 0.3 is 0 Å². The third-order valence-electron chi connectivity index (χ3n) is 5.74. The monoisotopic (exact) mass is 340 g/mol. The molecule has 2 saturated heterocycles.